The van der Waals surface area contributed by atoms with Crippen LogP contribution in [0.2, 0.25) is 0 Å². The van der Waals surface area contributed by atoms with Crippen LogP contribution in [0.5, 0.6) is 0 Å². The molecule has 0 bridgehead atoms. The van der Waals surface area contributed by atoms with E-state index in [1.165, 1.54) is 43.5 Å². The molecule has 0 fully saturated rings. The van der Waals surface area contributed by atoms with Crippen molar-refractivity contribution in [3.8, 4) is 5.69 Å². The number of nitrogens with zero attached hydrogens (tertiary/aromatic N) is 2. The van der Waals surface area contributed by atoms with Crippen LogP contribution in [0.15, 0.2) is 168 Å². The molecule has 10 rings (SSSR count). The van der Waals surface area contributed by atoms with Crippen molar-refractivity contribution < 1.29 is 4.42 Å². The lowest BCUT2D eigenvalue weighted by Gasteiger charge is -2.28. The number of benzene rings is 8. The Morgan fingerprint density at radius 3 is 1.78 bits per heavy atom. The fourth-order valence-electron chi connectivity index (χ4n) is 8.20. The average molecular weight is 657 g/mol. The van der Waals surface area contributed by atoms with E-state index in [9.17, 15) is 0 Å². The normalized spacial score (nSPS) is 12.2. The number of hydrogen-bond donors (Lipinski definition) is 0. The third-order valence-corrected chi connectivity index (χ3v) is 10.5. The fraction of sp³-hybridized carbons (Fsp3) is 0.0833. The number of hydrogen-bond acceptors (Lipinski definition) is 2. The first-order chi connectivity index (χ1) is 25.0. The molecule has 2 aromatic heterocycles. The molecule has 0 radical (unpaired) electrons. The van der Waals surface area contributed by atoms with Crippen molar-refractivity contribution in [1.29, 1.82) is 0 Å². The summed E-state index contributed by atoms with van der Waals surface area (Å²) in [5.74, 6) is 0. The number of anilines is 3. The molecule has 10 aromatic rings. The van der Waals surface area contributed by atoms with Crippen molar-refractivity contribution in [3.05, 3.63) is 169 Å². The molecule has 0 saturated carbocycles. The molecule has 0 amide bonds. The smallest absolute Gasteiger partial charge is 0.143 e. The van der Waals surface area contributed by atoms with Crippen molar-refractivity contribution in [2.45, 2.75) is 26.2 Å². The standard InChI is InChI=1S/C48H36N2O/c1-48(2,3)40-21-13-25-45-46(40)39-30-44(37-19-6-7-20-38(37)47(39)51-45)50(41-24-12-15-31-14-4-5-16-34(31)41)33-28-26-32(27-29-33)49-42-22-10-8-17-35(42)36-18-9-11-23-43(36)49/h4-30H,1-3H3. The van der Waals surface area contributed by atoms with Crippen LogP contribution in [-0.4, -0.2) is 4.57 Å². The van der Waals surface area contributed by atoms with E-state index in [1.807, 2.05) is 0 Å². The number of furan rings is 1. The minimum absolute atomic E-state index is 0.0555. The minimum atomic E-state index is -0.0555. The zero-order valence-electron chi connectivity index (χ0n) is 28.9. The first kappa shape index (κ1) is 29.6. The zero-order valence-corrected chi connectivity index (χ0v) is 28.9. The highest BCUT2D eigenvalue weighted by Gasteiger charge is 2.25. The van der Waals surface area contributed by atoms with Crippen LogP contribution in [0.25, 0.3) is 71.0 Å². The van der Waals surface area contributed by atoms with Crippen molar-refractivity contribution >= 4 is 82.4 Å². The molecule has 0 unspecified atom stereocenters. The first-order valence-electron chi connectivity index (χ1n) is 17.7. The van der Waals surface area contributed by atoms with Crippen LogP contribution in [-0.2, 0) is 5.41 Å². The van der Waals surface area contributed by atoms with Crippen LogP contribution >= 0.6 is 0 Å². The highest BCUT2D eigenvalue weighted by molar-refractivity contribution is 6.21. The molecule has 3 heteroatoms. The molecule has 8 aromatic carbocycles. The molecular weight excluding hydrogens is 621 g/mol. The Hall–Kier alpha value is -6.32. The molecule has 3 nitrogen and oxygen atoms in total. The highest BCUT2D eigenvalue weighted by atomic mass is 16.3. The monoisotopic (exact) mass is 656 g/mol. The van der Waals surface area contributed by atoms with Gasteiger partial charge >= 0.3 is 0 Å². The maximum Gasteiger partial charge on any atom is 0.143 e. The van der Waals surface area contributed by atoms with Crippen LogP contribution in [0.1, 0.15) is 26.3 Å². The summed E-state index contributed by atoms with van der Waals surface area (Å²) < 4.78 is 9.10. The lowest BCUT2D eigenvalue weighted by Crippen LogP contribution is -2.12. The summed E-state index contributed by atoms with van der Waals surface area (Å²) in [7, 11) is 0. The van der Waals surface area contributed by atoms with Gasteiger partial charge in [0.15, 0.2) is 0 Å². The Balaban J connectivity index is 1.27. The number of para-hydroxylation sites is 2. The predicted molar refractivity (Wildman–Crippen MR) is 216 cm³/mol. The molecule has 0 aliphatic carbocycles. The van der Waals surface area contributed by atoms with Gasteiger partial charge in [-0.2, -0.15) is 0 Å². The third kappa shape index (κ3) is 4.51. The predicted octanol–water partition coefficient (Wildman–Crippen LogP) is 13.8. The van der Waals surface area contributed by atoms with Crippen LogP contribution in [0.4, 0.5) is 17.1 Å². The average Bonchev–Trinajstić information content (AvgIpc) is 3.71. The Bertz CT molecular complexity index is 2900. The molecule has 0 spiro atoms. The Kier molecular flexibility index (Phi) is 6.44. The van der Waals surface area contributed by atoms with E-state index in [-0.39, 0.29) is 5.41 Å². The van der Waals surface area contributed by atoms with Gasteiger partial charge in [0.1, 0.15) is 11.2 Å². The summed E-state index contributed by atoms with van der Waals surface area (Å²) in [6.45, 7) is 6.84. The van der Waals surface area contributed by atoms with Crippen LogP contribution in [0, 0.1) is 0 Å². The Labute approximate surface area is 296 Å². The molecule has 0 N–H and O–H groups in total. The molecule has 0 atom stereocenters. The van der Waals surface area contributed by atoms with E-state index in [4.69, 9.17) is 4.42 Å². The second-order valence-electron chi connectivity index (χ2n) is 14.6. The molecule has 0 aliphatic heterocycles. The van der Waals surface area contributed by atoms with Gasteiger partial charge in [-0.15, -0.1) is 0 Å². The van der Waals surface area contributed by atoms with Gasteiger partial charge < -0.3 is 13.9 Å². The Morgan fingerprint density at radius 1 is 0.490 bits per heavy atom. The molecule has 0 aliphatic rings. The van der Waals surface area contributed by atoms with Gasteiger partial charge in [0.25, 0.3) is 0 Å². The van der Waals surface area contributed by atoms with Gasteiger partial charge in [-0.1, -0.05) is 130 Å². The van der Waals surface area contributed by atoms with E-state index in [1.54, 1.807) is 0 Å². The van der Waals surface area contributed by atoms with Crippen molar-refractivity contribution in [2.24, 2.45) is 0 Å². The van der Waals surface area contributed by atoms with Gasteiger partial charge in [0.05, 0.1) is 22.4 Å². The number of rotatable bonds is 4. The van der Waals surface area contributed by atoms with Gasteiger partial charge in [-0.25, -0.2) is 0 Å². The topological polar surface area (TPSA) is 21.3 Å². The summed E-state index contributed by atoms with van der Waals surface area (Å²) in [5.41, 5.74) is 9.95. The third-order valence-electron chi connectivity index (χ3n) is 10.5. The zero-order chi connectivity index (χ0) is 34.3. The fourth-order valence-corrected chi connectivity index (χ4v) is 8.20. The highest BCUT2D eigenvalue weighted by Crippen LogP contribution is 2.47. The van der Waals surface area contributed by atoms with E-state index >= 15 is 0 Å². The summed E-state index contributed by atoms with van der Waals surface area (Å²) in [5, 5.41) is 9.49. The van der Waals surface area contributed by atoms with Crippen LogP contribution in [0.3, 0.4) is 0 Å². The molecular formula is C48H36N2O. The quantitative estimate of drug-likeness (QED) is 0.188. The second kappa shape index (κ2) is 11.1. The molecule has 0 saturated heterocycles. The summed E-state index contributed by atoms with van der Waals surface area (Å²) >= 11 is 0. The molecule has 2 heterocycles. The van der Waals surface area contributed by atoms with E-state index in [0.717, 1.165) is 50.1 Å². The van der Waals surface area contributed by atoms with Gasteiger partial charge in [0.2, 0.25) is 0 Å². The number of aromatic nitrogens is 1. The lowest BCUT2D eigenvalue weighted by molar-refractivity contribution is 0.594. The second-order valence-corrected chi connectivity index (χ2v) is 14.6. The van der Waals surface area contributed by atoms with Crippen molar-refractivity contribution in [2.75, 3.05) is 4.90 Å². The van der Waals surface area contributed by atoms with Gasteiger partial charge in [-0.05, 0) is 71.0 Å². The van der Waals surface area contributed by atoms with Crippen LogP contribution < -0.4 is 4.90 Å². The lowest BCUT2D eigenvalue weighted by atomic mass is 9.84. The van der Waals surface area contributed by atoms with Crippen molar-refractivity contribution in [3.63, 3.8) is 0 Å². The van der Waals surface area contributed by atoms with E-state index < -0.39 is 0 Å². The van der Waals surface area contributed by atoms with E-state index in [0.29, 0.717) is 0 Å². The van der Waals surface area contributed by atoms with Gasteiger partial charge in [0, 0.05) is 49.1 Å². The summed E-state index contributed by atoms with van der Waals surface area (Å²) in [4.78, 5) is 2.44. The SMILES string of the molecule is CC(C)(C)c1cccc2oc3c4ccccc4c(N(c4ccc(-n5c6ccccc6c6ccccc65)cc4)c4cccc5ccccc45)cc3c12. The largest absolute Gasteiger partial charge is 0.455 e. The van der Waals surface area contributed by atoms with Crippen molar-refractivity contribution in [1.82, 2.24) is 4.57 Å². The molecule has 244 valence electrons. The summed E-state index contributed by atoms with van der Waals surface area (Å²) in [6.07, 6.45) is 0. The maximum atomic E-state index is 6.72. The first-order valence-corrected chi connectivity index (χ1v) is 17.7. The maximum absolute atomic E-state index is 6.72. The van der Waals surface area contributed by atoms with E-state index in [2.05, 4.69) is 194 Å². The summed E-state index contributed by atoms with van der Waals surface area (Å²) in [6, 6.07) is 59.2. The number of fused-ring (bicyclic) bond motifs is 9. The minimum Gasteiger partial charge on any atom is -0.455 e. The Morgan fingerprint density at radius 2 is 1.08 bits per heavy atom. The molecule has 51 heavy (non-hydrogen) atoms. The van der Waals surface area contributed by atoms with Gasteiger partial charge in [-0.3, -0.25) is 0 Å².